The van der Waals surface area contributed by atoms with Gasteiger partial charge in [-0.3, -0.25) is 4.79 Å². The van der Waals surface area contributed by atoms with Crippen molar-refractivity contribution in [1.82, 2.24) is 19.9 Å². The number of fused-ring (bicyclic) bond motifs is 1. The van der Waals surface area contributed by atoms with Crippen molar-refractivity contribution in [2.45, 2.75) is 4.90 Å². The van der Waals surface area contributed by atoms with Gasteiger partial charge in [0.15, 0.2) is 9.84 Å². The zero-order valence-electron chi connectivity index (χ0n) is 17.3. The smallest absolute Gasteiger partial charge is 0.251 e. The molecule has 0 radical (unpaired) electrons. The Bertz CT molecular complexity index is 1360. The number of amides is 1. The fraction of sp³-hybridized carbons (Fsp3) is 0.136. The molecule has 2 heterocycles. The molecule has 9 nitrogen and oxygen atoms in total. The molecule has 0 bridgehead atoms. The number of nitrogens with two attached hydrogens (primary N) is 1. The van der Waals surface area contributed by atoms with Crippen molar-refractivity contribution in [1.29, 1.82) is 0 Å². The zero-order valence-corrected chi connectivity index (χ0v) is 18.1. The second kappa shape index (κ2) is 8.77. The van der Waals surface area contributed by atoms with E-state index in [4.69, 9.17) is 5.73 Å². The minimum absolute atomic E-state index is 0.181. The van der Waals surface area contributed by atoms with Crippen molar-refractivity contribution < 1.29 is 13.2 Å². The minimum atomic E-state index is -3.26. The van der Waals surface area contributed by atoms with E-state index in [2.05, 4.69) is 20.6 Å². The van der Waals surface area contributed by atoms with E-state index < -0.39 is 9.84 Å². The summed E-state index contributed by atoms with van der Waals surface area (Å²) in [6.07, 6.45) is 4.74. The maximum atomic E-state index is 12.0. The van der Waals surface area contributed by atoms with E-state index in [-0.39, 0.29) is 10.8 Å². The lowest BCUT2D eigenvalue weighted by Crippen LogP contribution is -2.28. The summed E-state index contributed by atoms with van der Waals surface area (Å²) in [6, 6.07) is 15.5. The van der Waals surface area contributed by atoms with Gasteiger partial charge in [0.25, 0.3) is 5.91 Å². The summed E-state index contributed by atoms with van der Waals surface area (Å²) in [5.41, 5.74) is 8.13. The number of nitrogens with zero attached hydrogens (tertiary/aromatic N) is 3. The van der Waals surface area contributed by atoms with Crippen molar-refractivity contribution in [3.63, 3.8) is 0 Å². The molecule has 0 saturated carbocycles. The highest BCUT2D eigenvalue weighted by atomic mass is 32.2. The average Bonchev–Trinajstić information content (AvgIpc) is 3.21. The number of sulfone groups is 1. The van der Waals surface area contributed by atoms with Gasteiger partial charge in [0.2, 0.25) is 5.95 Å². The molecule has 0 spiro atoms. The summed E-state index contributed by atoms with van der Waals surface area (Å²) in [6.45, 7) is 0.804. The molecule has 10 heteroatoms. The van der Waals surface area contributed by atoms with Gasteiger partial charge in [-0.2, -0.15) is 4.98 Å². The Morgan fingerprint density at radius 3 is 2.44 bits per heavy atom. The normalized spacial score (nSPS) is 11.4. The first-order valence-electron chi connectivity index (χ1n) is 9.85. The van der Waals surface area contributed by atoms with Crippen LogP contribution in [0.15, 0.2) is 71.9 Å². The molecule has 0 atom stereocenters. The number of carbonyl (C=O) groups excluding carboxylic acids is 1. The second-order valence-corrected chi connectivity index (χ2v) is 9.19. The molecule has 2 aromatic heterocycles. The number of carbonyl (C=O) groups is 1. The Morgan fingerprint density at radius 2 is 1.78 bits per heavy atom. The second-order valence-electron chi connectivity index (χ2n) is 7.17. The molecule has 164 valence electrons. The van der Waals surface area contributed by atoms with Crippen LogP contribution in [-0.2, 0) is 9.84 Å². The Balaban J connectivity index is 1.57. The van der Waals surface area contributed by atoms with E-state index in [1.807, 2.05) is 16.8 Å². The predicted molar refractivity (Wildman–Crippen MR) is 123 cm³/mol. The van der Waals surface area contributed by atoms with E-state index in [1.165, 1.54) is 6.26 Å². The Kier molecular flexibility index (Phi) is 5.89. The monoisotopic (exact) mass is 450 g/mol. The molecule has 2 aromatic carbocycles. The first-order chi connectivity index (χ1) is 15.3. The number of aromatic nitrogens is 3. The van der Waals surface area contributed by atoms with Crippen LogP contribution in [0.3, 0.4) is 0 Å². The fourth-order valence-corrected chi connectivity index (χ4v) is 3.79. The molecule has 0 fully saturated rings. The van der Waals surface area contributed by atoms with E-state index in [9.17, 15) is 13.2 Å². The number of benzene rings is 2. The summed E-state index contributed by atoms with van der Waals surface area (Å²) in [4.78, 5) is 21.2. The quantitative estimate of drug-likeness (QED) is 0.393. The van der Waals surface area contributed by atoms with Gasteiger partial charge in [0, 0.05) is 54.1 Å². The Morgan fingerprint density at radius 1 is 1.06 bits per heavy atom. The molecule has 0 aliphatic carbocycles. The van der Waals surface area contributed by atoms with Crippen LogP contribution in [0.25, 0.3) is 16.7 Å². The zero-order chi connectivity index (χ0) is 22.7. The van der Waals surface area contributed by atoms with Crippen molar-refractivity contribution in [3.8, 4) is 5.69 Å². The van der Waals surface area contributed by atoms with E-state index >= 15 is 0 Å². The van der Waals surface area contributed by atoms with E-state index in [0.29, 0.717) is 30.2 Å². The molecule has 4 N–H and O–H groups in total. The molecule has 1 amide bonds. The van der Waals surface area contributed by atoms with Gasteiger partial charge in [0.1, 0.15) is 5.65 Å². The number of hydrogen-bond donors (Lipinski definition) is 3. The van der Waals surface area contributed by atoms with Gasteiger partial charge in [-0.1, -0.05) is 0 Å². The highest BCUT2D eigenvalue weighted by Gasteiger charge is 2.11. The number of nitrogens with one attached hydrogen (secondary N) is 2. The van der Waals surface area contributed by atoms with Gasteiger partial charge in [-0.25, -0.2) is 13.4 Å². The van der Waals surface area contributed by atoms with Crippen LogP contribution in [-0.4, -0.2) is 48.2 Å². The minimum Gasteiger partial charge on any atom is -0.351 e. The summed E-state index contributed by atoms with van der Waals surface area (Å²) in [7, 11) is -3.26. The molecule has 4 rings (SSSR count). The number of anilines is 2. The number of rotatable bonds is 7. The predicted octanol–water partition coefficient (Wildman–Crippen LogP) is 2.26. The first kappa shape index (κ1) is 21.5. The van der Waals surface area contributed by atoms with Gasteiger partial charge in [-0.05, 0) is 54.6 Å². The molecule has 0 aliphatic heterocycles. The highest BCUT2D eigenvalue weighted by molar-refractivity contribution is 7.90. The Labute approximate surface area is 185 Å². The third-order valence-corrected chi connectivity index (χ3v) is 5.93. The molecular formula is C22H22N6O3S. The standard InChI is InChI=1S/C22H22N6O3S/c1-32(30,31)19-8-6-18(7-9-19)28-13-10-16-14-25-22(27-20(16)28)26-17-4-2-15(3-5-17)21(29)24-12-11-23/h2-10,13-14H,11-12,23H2,1H3,(H,24,29)(H,25,26,27). The average molecular weight is 451 g/mol. The van der Waals surface area contributed by atoms with Gasteiger partial charge >= 0.3 is 0 Å². The van der Waals surface area contributed by atoms with E-state index in [1.54, 1.807) is 54.7 Å². The number of hydrogen-bond acceptors (Lipinski definition) is 7. The van der Waals surface area contributed by atoms with Crippen molar-refractivity contribution in [3.05, 3.63) is 72.6 Å². The van der Waals surface area contributed by atoms with Crippen LogP contribution >= 0.6 is 0 Å². The fourth-order valence-electron chi connectivity index (χ4n) is 3.16. The first-order valence-corrected chi connectivity index (χ1v) is 11.7. The van der Waals surface area contributed by atoms with Crippen LogP contribution in [0.4, 0.5) is 11.6 Å². The van der Waals surface area contributed by atoms with Crippen molar-refractivity contribution >= 4 is 38.4 Å². The van der Waals surface area contributed by atoms with Crippen LogP contribution in [0.1, 0.15) is 10.4 Å². The molecular weight excluding hydrogens is 428 g/mol. The Hall–Kier alpha value is -3.76. The van der Waals surface area contributed by atoms with Crippen LogP contribution in [0.5, 0.6) is 0 Å². The summed E-state index contributed by atoms with van der Waals surface area (Å²) < 4.78 is 25.3. The molecule has 0 unspecified atom stereocenters. The van der Waals surface area contributed by atoms with Crippen molar-refractivity contribution in [2.75, 3.05) is 24.7 Å². The maximum Gasteiger partial charge on any atom is 0.251 e. The topological polar surface area (TPSA) is 132 Å². The third-order valence-electron chi connectivity index (χ3n) is 4.80. The lowest BCUT2D eigenvalue weighted by atomic mass is 10.2. The lowest BCUT2D eigenvalue weighted by Gasteiger charge is -2.09. The molecule has 4 aromatic rings. The summed E-state index contributed by atoms with van der Waals surface area (Å²) in [5.74, 6) is 0.213. The molecule has 0 aliphatic rings. The van der Waals surface area contributed by atoms with Gasteiger partial charge < -0.3 is 20.9 Å². The van der Waals surface area contributed by atoms with Crippen LogP contribution in [0.2, 0.25) is 0 Å². The summed E-state index contributed by atoms with van der Waals surface area (Å²) >= 11 is 0. The van der Waals surface area contributed by atoms with E-state index in [0.717, 1.165) is 16.8 Å². The van der Waals surface area contributed by atoms with Gasteiger partial charge in [0.05, 0.1) is 4.90 Å². The van der Waals surface area contributed by atoms with Crippen LogP contribution < -0.4 is 16.4 Å². The maximum absolute atomic E-state index is 12.0. The highest BCUT2D eigenvalue weighted by Crippen LogP contribution is 2.22. The van der Waals surface area contributed by atoms with Gasteiger partial charge in [-0.15, -0.1) is 0 Å². The largest absolute Gasteiger partial charge is 0.351 e. The third kappa shape index (κ3) is 4.61. The van der Waals surface area contributed by atoms with Crippen LogP contribution in [0, 0.1) is 0 Å². The SMILES string of the molecule is CS(=O)(=O)c1ccc(-n2ccc3cnc(Nc4ccc(C(=O)NCCN)cc4)nc32)cc1. The molecule has 0 saturated heterocycles. The lowest BCUT2D eigenvalue weighted by molar-refractivity contribution is 0.0955. The summed E-state index contributed by atoms with van der Waals surface area (Å²) in [5, 5.41) is 6.70. The molecule has 32 heavy (non-hydrogen) atoms. The van der Waals surface area contributed by atoms with Crippen molar-refractivity contribution in [2.24, 2.45) is 5.73 Å².